The molecule has 0 aromatic carbocycles. The minimum absolute atomic E-state index is 0.0584. The summed E-state index contributed by atoms with van der Waals surface area (Å²) in [6, 6.07) is 0.0925. The van der Waals surface area contributed by atoms with E-state index in [9.17, 15) is 9.18 Å². The minimum atomic E-state index is -1.17. The van der Waals surface area contributed by atoms with Crippen molar-refractivity contribution in [3.8, 4) is 0 Å². The van der Waals surface area contributed by atoms with E-state index in [0.717, 1.165) is 0 Å². The molecular formula is C8H8BrFN2O2. The molecule has 0 amide bonds. The summed E-state index contributed by atoms with van der Waals surface area (Å²) in [7, 11) is 0. The molecule has 0 fully saturated rings. The van der Waals surface area contributed by atoms with Crippen LogP contribution in [0.4, 0.5) is 4.39 Å². The molecule has 3 N–H and O–H groups in total. The number of carbonyl (C=O) groups is 1. The summed E-state index contributed by atoms with van der Waals surface area (Å²) in [4.78, 5) is 14.1. The fourth-order valence-corrected chi connectivity index (χ4v) is 1.19. The van der Waals surface area contributed by atoms with Crippen molar-refractivity contribution in [2.75, 3.05) is 0 Å². The Labute approximate surface area is 88.1 Å². The zero-order chi connectivity index (χ0) is 10.7. The number of hydrogen-bond donors (Lipinski definition) is 2. The van der Waals surface area contributed by atoms with E-state index >= 15 is 0 Å². The SMILES string of the molecule is NC(Cc1ncc(Br)cc1F)C(=O)O. The highest BCUT2D eigenvalue weighted by atomic mass is 79.9. The van der Waals surface area contributed by atoms with Crippen LogP contribution in [0.15, 0.2) is 16.7 Å². The summed E-state index contributed by atoms with van der Waals surface area (Å²) in [6.07, 6.45) is 1.28. The third kappa shape index (κ3) is 2.74. The molecule has 0 bridgehead atoms. The van der Waals surface area contributed by atoms with Crippen LogP contribution in [-0.4, -0.2) is 22.1 Å². The van der Waals surface area contributed by atoms with Crippen molar-refractivity contribution < 1.29 is 14.3 Å². The first-order valence-corrected chi connectivity index (χ1v) is 4.58. The van der Waals surface area contributed by atoms with Gasteiger partial charge in [0.05, 0.1) is 5.69 Å². The molecular weight excluding hydrogens is 255 g/mol. The quantitative estimate of drug-likeness (QED) is 0.850. The highest BCUT2D eigenvalue weighted by Gasteiger charge is 2.15. The molecule has 76 valence electrons. The average molecular weight is 263 g/mol. The van der Waals surface area contributed by atoms with Crippen molar-refractivity contribution in [2.24, 2.45) is 5.73 Å². The van der Waals surface area contributed by atoms with Crippen LogP contribution in [0.25, 0.3) is 0 Å². The molecule has 6 heteroatoms. The van der Waals surface area contributed by atoms with Crippen molar-refractivity contribution >= 4 is 21.9 Å². The molecule has 0 aliphatic rings. The molecule has 0 aliphatic carbocycles. The van der Waals surface area contributed by atoms with Crippen LogP contribution in [-0.2, 0) is 11.2 Å². The molecule has 4 nitrogen and oxygen atoms in total. The second-order valence-corrected chi connectivity index (χ2v) is 3.65. The molecule has 1 aromatic rings. The van der Waals surface area contributed by atoms with E-state index in [-0.39, 0.29) is 12.1 Å². The van der Waals surface area contributed by atoms with Gasteiger partial charge in [-0.2, -0.15) is 0 Å². The maximum Gasteiger partial charge on any atom is 0.320 e. The normalized spacial score (nSPS) is 12.5. The van der Waals surface area contributed by atoms with Gasteiger partial charge in [-0.05, 0) is 22.0 Å². The minimum Gasteiger partial charge on any atom is -0.480 e. The molecule has 1 aromatic heterocycles. The molecule has 1 rings (SSSR count). The number of pyridine rings is 1. The number of aromatic nitrogens is 1. The summed E-state index contributed by atoms with van der Waals surface area (Å²) in [5.74, 6) is -1.73. The summed E-state index contributed by atoms with van der Waals surface area (Å²) < 4.78 is 13.6. The van der Waals surface area contributed by atoms with Crippen molar-refractivity contribution in [1.29, 1.82) is 0 Å². The molecule has 0 aliphatic heterocycles. The number of rotatable bonds is 3. The molecule has 0 saturated heterocycles. The molecule has 0 spiro atoms. The maximum absolute atomic E-state index is 13.1. The van der Waals surface area contributed by atoms with Gasteiger partial charge >= 0.3 is 5.97 Å². The van der Waals surface area contributed by atoms with Crippen LogP contribution >= 0.6 is 15.9 Å². The summed E-state index contributed by atoms with van der Waals surface area (Å²) in [6.45, 7) is 0. The first-order chi connectivity index (χ1) is 6.50. The van der Waals surface area contributed by atoms with Crippen LogP contribution in [0.5, 0.6) is 0 Å². The van der Waals surface area contributed by atoms with Crippen LogP contribution in [0.2, 0.25) is 0 Å². The Kier molecular flexibility index (Phi) is 3.54. The topological polar surface area (TPSA) is 76.2 Å². The van der Waals surface area contributed by atoms with E-state index in [1.807, 2.05) is 0 Å². The number of nitrogens with two attached hydrogens (primary N) is 1. The Hall–Kier alpha value is -1.01. The number of carboxylic acid groups (broad SMARTS) is 1. The number of halogens is 2. The summed E-state index contributed by atoms with van der Waals surface area (Å²) in [5.41, 5.74) is 5.30. The zero-order valence-corrected chi connectivity index (χ0v) is 8.66. The van der Waals surface area contributed by atoms with Crippen LogP contribution in [0.3, 0.4) is 0 Å². The van der Waals surface area contributed by atoms with Crippen molar-refractivity contribution in [2.45, 2.75) is 12.5 Å². The largest absolute Gasteiger partial charge is 0.480 e. The van der Waals surface area contributed by atoms with Gasteiger partial charge in [0, 0.05) is 17.1 Å². The van der Waals surface area contributed by atoms with Crippen molar-refractivity contribution in [3.63, 3.8) is 0 Å². The number of hydrogen-bond acceptors (Lipinski definition) is 3. The van der Waals surface area contributed by atoms with E-state index in [4.69, 9.17) is 10.8 Å². The first kappa shape index (κ1) is 11.1. The van der Waals surface area contributed by atoms with Crippen molar-refractivity contribution in [3.05, 3.63) is 28.2 Å². The maximum atomic E-state index is 13.1. The molecule has 0 radical (unpaired) electrons. The highest BCUT2D eigenvalue weighted by Crippen LogP contribution is 2.13. The van der Waals surface area contributed by atoms with Gasteiger partial charge in [-0.1, -0.05) is 0 Å². The van der Waals surface area contributed by atoms with Gasteiger partial charge in [-0.15, -0.1) is 0 Å². The Morgan fingerprint density at radius 1 is 1.79 bits per heavy atom. The van der Waals surface area contributed by atoms with Crippen LogP contribution in [0, 0.1) is 5.82 Å². The molecule has 1 unspecified atom stereocenters. The lowest BCUT2D eigenvalue weighted by Crippen LogP contribution is -2.32. The van der Waals surface area contributed by atoms with E-state index in [1.165, 1.54) is 12.3 Å². The van der Waals surface area contributed by atoms with Gasteiger partial charge in [0.1, 0.15) is 11.9 Å². The first-order valence-electron chi connectivity index (χ1n) is 3.79. The van der Waals surface area contributed by atoms with Crippen molar-refractivity contribution in [1.82, 2.24) is 4.98 Å². The summed E-state index contributed by atoms with van der Waals surface area (Å²) in [5, 5.41) is 8.50. The van der Waals surface area contributed by atoms with Gasteiger partial charge in [0.25, 0.3) is 0 Å². The Morgan fingerprint density at radius 3 is 2.93 bits per heavy atom. The monoisotopic (exact) mass is 262 g/mol. The third-order valence-electron chi connectivity index (χ3n) is 1.61. The molecule has 1 heterocycles. The smallest absolute Gasteiger partial charge is 0.320 e. The van der Waals surface area contributed by atoms with Gasteiger partial charge in [0.2, 0.25) is 0 Å². The number of carboxylic acids is 1. The average Bonchev–Trinajstić information content (AvgIpc) is 2.09. The second kappa shape index (κ2) is 4.47. The predicted octanol–water partition coefficient (Wildman–Crippen LogP) is 0.938. The van der Waals surface area contributed by atoms with Crippen LogP contribution in [0.1, 0.15) is 5.69 Å². The Balaban J connectivity index is 2.82. The van der Waals surface area contributed by atoms with Gasteiger partial charge in [0.15, 0.2) is 0 Å². The lowest BCUT2D eigenvalue weighted by molar-refractivity contribution is -0.138. The number of aliphatic carboxylic acids is 1. The third-order valence-corrected chi connectivity index (χ3v) is 2.05. The van der Waals surface area contributed by atoms with E-state index in [2.05, 4.69) is 20.9 Å². The fraction of sp³-hybridized carbons (Fsp3) is 0.250. The second-order valence-electron chi connectivity index (χ2n) is 2.73. The molecule has 0 saturated carbocycles. The van der Waals surface area contributed by atoms with E-state index < -0.39 is 17.8 Å². The predicted molar refractivity (Wildman–Crippen MR) is 51.2 cm³/mol. The fourth-order valence-electron chi connectivity index (χ4n) is 0.889. The Bertz CT molecular complexity index is 359. The van der Waals surface area contributed by atoms with Gasteiger partial charge in [-0.25, -0.2) is 4.39 Å². The van der Waals surface area contributed by atoms with E-state index in [0.29, 0.717) is 4.47 Å². The highest BCUT2D eigenvalue weighted by molar-refractivity contribution is 9.10. The summed E-state index contributed by atoms with van der Waals surface area (Å²) >= 11 is 3.04. The lowest BCUT2D eigenvalue weighted by Gasteiger charge is -2.06. The van der Waals surface area contributed by atoms with Gasteiger partial charge in [-0.3, -0.25) is 9.78 Å². The lowest BCUT2D eigenvalue weighted by atomic mass is 10.1. The molecule has 14 heavy (non-hydrogen) atoms. The van der Waals surface area contributed by atoms with Gasteiger partial charge < -0.3 is 10.8 Å². The van der Waals surface area contributed by atoms with Crippen LogP contribution < -0.4 is 5.73 Å². The van der Waals surface area contributed by atoms with E-state index in [1.54, 1.807) is 0 Å². The standard InChI is InChI=1S/C8H8BrFN2O2/c9-4-1-5(10)7(12-3-4)2-6(11)8(13)14/h1,3,6H,2,11H2,(H,13,14). The Morgan fingerprint density at radius 2 is 2.43 bits per heavy atom. The zero-order valence-electron chi connectivity index (χ0n) is 7.08. The number of nitrogens with zero attached hydrogens (tertiary/aromatic N) is 1. The molecule has 1 atom stereocenters.